The summed E-state index contributed by atoms with van der Waals surface area (Å²) in [5, 5.41) is 5.99. The summed E-state index contributed by atoms with van der Waals surface area (Å²) in [4.78, 5) is 11.7. The lowest BCUT2D eigenvalue weighted by Gasteiger charge is -2.23. The highest BCUT2D eigenvalue weighted by molar-refractivity contribution is 7.98. The molecule has 0 aliphatic carbocycles. The van der Waals surface area contributed by atoms with Gasteiger partial charge in [-0.1, -0.05) is 18.7 Å². The van der Waals surface area contributed by atoms with Gasteiger partial charge in [-0.15, -0.1) is 0 Å². The molecule has 1 atom stereocenters. The summed E-state index contributed by atoms with van der Waals surface area (Å²) in [5.74, 6) is -1.06. The van der Waals surface area contributed by atoms with Gasteiger partial charge in [-0.3, -0.25) is 0 Å². The number of amides is 1. The third-order valence-corrected chi connectivity index (χ3v) is 3.68. The van der Waals surface area contributed by atoms with Crippen LogP contribution in [-0.4, -0.2) is 30.0 Å². The fourth-order valence-corrected chi connectivity index (χ4v) is 2.33. The minimum Gasteiger partial charge on any atom is -0.464 e. The van der Waals surface area contributed by atoms with E-state index in [1.54, 1.807) is 12.1 Å². The molecule has 2 N–H and O–H groups in total. The zero-order chi connectivity index (χ0) is 18.2. The van der Waals surface area contributed by atoms with E-state index in [2.05, 4.69) is 10.6 Å². The Balaban J connectivity index is 2.32. The molecule has 24 heavy (non-hydrogen) atoms. The second-order valence-corrected chi connectivity index (χ2v) is 7.30. The molecular weight excluding hydrogens is 338 g/mol. The first-order chi connectivity index (χ1) is 11.2. The standard InChI is InChI=1S/C16H26F2N2O3S/c1-5-11(20-15(21)23-16(2,3)4)8-19-9-12-6-7-13(22-12)10-24-14(17)18/h6-7,11,14,19H,5,8-10H2,1-4H3,(H,20,21). The molecule has 0 radical (unpaired) electrons. The first kappa shape index (κ1) is 20.8. The van der Waals surface area contributed by atoms with E-state index in [1.807, 2.05) is 27.7 Å². The van der Waals surface area contributed by atoms with Gasteiger partial charge in [0, 0.05) is 12.6 Å². The molecule has 0 aromatic carbocycles. The molecule has 1 heterocycles. The van der Waals surface area contributed by atoms with Gasteiger partial charge < -0.3 is 19.8 Å². The molecular formula is C16H26F2N2O3S. The van der Waals surface area contributed by atoms with Gasteiger partial charge in [0.2, 0.25) is 0 Å². The highest BCUT2D eigenvalue weighted by atomic mass is 32.2. The van der Waals surface area contributed by atoms with Crippen molar-refractivity contribution in [1.82, 2.24) is 10.6 Å². The normalized spacial score (nSPS) is 13.1. The van der Waals surface area contributed by atoms with E-state index in [0.717, 1.165) is 6.42 Å². The minimum atomic E-state index is -2.40. The third kappa shape index (κ3) is 9.12. The van der Waals surface area contributed by atoms with Crippen LogP contribution in [-0.2, 0) is 17.0 Å². The smallest absolute Gasteiger partial charge is 0.407 e. The van der Waals surface area contributed by atoms with Crippen molar-refractivity contribution >= 4 is 17.9 Å². The van der Waals surface area contributed by atoms with Gasteiger partial charge in [0.1, 0.15) is 17.1 Å². The number of hydrogen-bond donors (Lipinski definition) is 2. The van der Waals surface area contributed by atoms with Gasteiger partial charge in [0.25, 0.3) is 5.76 Å². The van der Waals surface area contributed by atoms with E-state index in [1.165, 1.54) is 0 Å². The molecule has 0 fully saturated rings. The Morgan fingerprint density at radius 3 is 2.58 bits per heavy atom. The number of thioether (sulfide) groups is 1. The molecule has 1 aromatic rings. The fourth-order valence-electron chi connectivity index (χ4n) is 1.88. The number of rotatable bonds is 9. The van der Waals surface area contributed by atoms with Gasteiger partial charge in [-0.25, -0.2) is 4.79 Å². The Kier molecular flexibility index (Phi) is 8.55. The summed E-state index contributed by atoms with van der Waals surface area (Å²) >= 11 is 0.532. The predicted molar refractivity (Wildman–Crippen MR) is 91.2 cm³/mol. The lowest BCUT2D eigenvalue weighted by molar-refractivity contribution is 0.0502. The highest BCUT2D eigenvalue weighted by Crippen LogP contribution is 2.21. The van der Waals surface area contributed by atoms with E-state index < -0.39 is 17.5 Å². The number of furan rings is 1. The molecule has 5 nitrogen and oxygen atoms in total. The zero-order valence-electron chi connectivity index (χ0n) is 14.5. The number of halogens is 2. The summed E-state index contributed by atoms with van der Waals surface area (Å²) in [7, 11) is 0. The summed E-state index contributed by atoms with van der Waals surface area (Å²) in [6, 6.07) is 3.39. The van der Waals surface area contributed by atoms with Gasteiger partial charge in [-0.2, -0.15) is 8.78 Å². The van der Waals surface area contributed by atoms with Gasteiger partial charge in [-0.05, 0) is 39.3 Å². The number of alkyl carbamates (subject to hydrolysis) is 1. The number of alkyl halides is 2. The largest absolute Gasteiger partial charge is 0.464 e. The Morgan fingerprint density at radius 2 is 2.00 bits per heavy atom. The molecule has 1 rings (SSSR count). The molecule has 0 aliphatic heterocycles. The van der Waals surface area contributed by atoms with Crippen molar-refractivity contribution in [3.05, 3.63) is 23.7 Å². The van der Waals surface area contributed by atoms with Crippen LogP contribution in [0.3, 0.4) is 0 Å². The van der Waals surface area contributed by atoms with Crippen LogP contribution in [0, 0.1) is 0 Å². The molecule has 1 aromatic heterocycles. The first-order valence-corrected chi connectivity index (χ1v) is 8.92. The molecule has 8 heteroatoms. The molecule has 1 amide bonds. The van der Waals surface area contributed by atoms with Crippen molar-refractivity contribution in [2.45, 2.75) is 63.8 Å². The topological polar surface area (TPSA) is 63.5 Å². The van der Waals surface area contributed by atoms with Crippen LogP contribution < -0.4 is 10.6 Å². The quantitative estimate of drug-likeness (QED) is 0.690. The Bertz CT molecular complexity index is 504. The number of carbonyl (C=O) groups is 1. The maximum absolute atomic E-state index is 12.1. The summed E-state index contributed by atoms with van der Waals surface area (Å²) < 4.78 is 35.0. The van der Waals surface area contributed by atoms with Crippen molar-refractivity contribution in [3.63, 3.8) is 0 Å². The Morgan fingerprint density at radius 1 is 1.33 bits per heavy atom. The van der Waals surface area contributed by atoms with Crippen LogP contribution in [0.25, 0.3) is 0 Å². The van der Waals surface area contributed by atoms with Crippen molar-refractivity contribution in [1.29, 1.82) is 0 Å². The number of hydrogen-bond acceptors (Lipinski definition) is 5. The molecule has 0 saturated carbocycles. The minimum absolute atomic E-state index is 0.0660. The second-order valence-electron chi connectivity index (χ2n) is 6.32. The van der Waals surface area contributed by atoms with Crippen LogP contribution in [0.15, 0.2) is 16.5 Å². The van der Waals surface area contributed by atoms with Crippen LogP contribution >= 0.6 is 11.8 Å². The second kappa shape index (κ2) is 9.88. The van der Waals surface area contributed by atoms with Gasteiger partial charge in [0.05, 0.1) is 12.3 Å². The number of carbonyl (C=O) groups excluding carboxylic acids is 1. The first-order valence-electron chi connectivity index (χ1n) is 7.87. The lowest BCUT2D eigenvalue weighted by atomic mass is 10.2. The van der Waals surface area contributed by atoms with Crippen LogP contribution in [0.5, 0.6) is 0 Å². The average molecular weight is 364 g/mol. The van der Waals surface area contributed by atoms with Crippen molar-refractivity contribution < 1.29 is 22.7 Å². The molecule has 0 aliphatic rings. The van der Waals surface area contributed by atoms with Gasteiger partial charge >= 0.3 is 6.09 Å². The van der Waals surface area contributed by atoms with E-state index >= 15 is 0 Å². The van der Waals surface area contributed by atoms with Crippen LogP contribution in [0.1, 0.15) is 45.6 Å². The predicted octanol–water partition coefficient (Wildman–Crippen LogP) is 4.13. The monoisotopic (exact) mass is 364 g/mol. The van der Waals surface area contributed by atoms with E-state index in [4.69, 9.17) is 9.15 Å². The highest BCUT2D eigenvalue weighted by Gasteiger charge is 2.18. The fraction of sp³-hybridized carbons (Fsp3) is 0.688. The lowest BCUT2D eigenvalue weighted by Crippen LogP contribution is -2.43. The summed E-state index contributed by atoms with van der Waals surface area (Å²) in [6.45, 7) is 8.42. The SMILES string of the molecule is CCC(CNCc1ccc(CSC(F)F)o1)NC(=O)OC(C)(C)C. The molecule has 0 bridgehead atoms. The molecule has 0 saturated heterocycles. The number of ether oxygens (including phenoxy) is 1. The zero-order valence-corrected chi connectivity index (χ0v) is 15.3. The van der Waals surface area contributed by atoms with E-state index in [-0.39, 0.29) is 11.8 Å². The third-order valence-electron chi connectivity index (χ3n) is 2.97. The van der Waals surface area contributed by atoms with Crippen LogP contribution in [0.2, 0.25) is 0 Å². The summed E-state index contributed by atoms with van der Waals surface area (Å²) in [6.07, 6.45) is 0.307. The van der Waals surface area contributed by atoms with Gasteiger partial charge in [0.15, 0.2) is 0 Å². The summed E-state index contributed by atoms with van der Waals surface area (Å²) in [5.41, 5.74) is -0.531. The molecule has 138 valence electrons. The molecule has 1 unspecified atom stereocenters. The Hall–Kier alpha value is -1.28. The maximum Gasteiger partial charge on any atom is 0.407 e. The van der Waals surface area contributed by atoms with Crippen LogP contribution in [0.4, 0.5) is 13.6 Å². The Labute approximate surface area is 145 Å². The average Bonchev–Trinajstić information content (AvgIpc) is 2.90. The van der Waals surface area contributed by atoms with E-state index in [0.29, 0.717) is 36.4 Å². The number of nitrogens with one attached hydrogen (secondary N) is 2. The maximum atomic E-state index is 12.1. The van der Waals surface area contributed by atoms with Crippen molar-refractivity contribution in [3.8, 4) is 0 Å². The molecule has 0 spiro atoms. The van der Waals surface area contributed by atoms with Crippen molar-refractivity contribution in [2.75, 3.05) is 6.54 Å². The van der Waals surface area contributed by atoms with Crippen molar-refractivity contribution in [2.24, 2.45) is 0 Å². The van der Waals surface area contributed by atoms with E-state index in [9.17, 15) is 13.6 Å².